The van der Waals surface area contributed by atoms with Gasteiger partial charge >= 0.3 is 0 Å². The van der Waals surface area contributed by atoms with Gasteiger partial charge in [-0.2, -0.15) is 5.10 Å². The fourth-order valence-electron chi connectivity index (χ4n) is 1.83. The second-order valence-corrected chi connectivity index (χ2v) is 4.46. The van der Waals surface area contributed by atoms with Gasteiger partial charge in [0.05, 0.1) is 12.7 Å². The molecule has 2 rings (SSSR count). The van der Waals surface area contributed by atoms with Gasteiger partial charge in [0.1, 0.15) is 11.6 Å². The molecule has 0 aliphatic rings. The third-order valence-corrected chi connectivity index (χ3v) is 2.78. The molecule has 0 bridgehead atoms. The minimum absolute atomic E-state index is 0.234. The second-order valence-electron chi connectivity index (χ2n) is 4.46. The van der Waals surface area contributed by atoms with Crippen molar-refractivity contribution in [3.05, 3.63) is 53.4 Å². The molecule has 2 aromatic rings. The lowest BCUT2D eigenvalue weighted by Gasteiger charge is -2.04. The van der Waals surface area contributed by atoms with E-state index in [9.17, 15) is 8.78 Å². The summed E-state index contributed by atoms with van der Waals surface area (Å²) < 4.78 is 28.2. The number of aromatic nitrogens is 2. The molecule has 0 amide bonds. The smallest absolute Gasteiger partial charge is 0.128 e. The molecule has 3 nitrogen and oxygen atoms in total. The van der Waals surface area contributed by atoms with Gasteiger partial charge in [-0.05, 0) is 31.2 Å². The fraction of sp³-hybridized carbons (Fsp3) is 0.357. The third-order valence-electron chi connectivity index (χ3n) is 2.78. The molecule has 0 saturated carbocycles. The molecular formula is C14H17F2N3. The SMILES string of the molecule is CCCNCc1cnn(Cc2cc(F)ccc2F)c1. The van der Waals surface area contributed by atoms with E-state index in [1.807, 2.05) is 6.20 Å². The van der Waals surface area contributed by atoms with E-state index in [0.29, 0.717) is 5.56 Å². The molecule has 0 atom stereocenters. The Hall–Kier alpha value is -1.75. The Bertz CT molecular complexity index is 537. The summed E-state index contributed by atoms with van der Waals surface area (Å²) in [7, 11) is 0. The first kappa shape index (κ1) is 13.7. The van der Waals surface area contributed by atoms with Gasteiger partial charge in [-0.15, -0.1) is 0 Å². The number of rotatable bonds is 6. The highest BCUT2D eigenvalue weighted by Gasteiger charge is 2.06. The lowest BCUT2D eigenvalue weighted by atomic mass is 10.2. The minimum Gasteiger partial charge on any atom is -0.313 e. The molecule has 1 heterocycles. The summed E-state index contributed by atoms with van der Waals surface area (Å²) in [6, 6.07) is 3.45. The fourth-order valence-corrected chi connectivity index (χ4v) is 1.83. The zero-order chi connectivity index (χ0) is 13.7. The monoisotopic (exact) mass is 265 g/mol. The average Bonchev–Trinajstić information content (AvgIpc) is 2.82. The molecule has 1 aromatic carbocycles. The van der Waals surface area contributed by atoms with Crippen LogP contribution in [-0.2, 0) is 13.1 Å². The second kappa shape index (κ2) is 6.43. The molecule has 5 heteroatoms. The molecule has 0 fully saturated rings. The largest absolute Gasteiger partial charge is 0.313 e. The van der Waals surface area contributed by atoms with Crippen LogP contribution in [0.1, 0.15) is 24.5 Å². The Morgan fingerprint density at radius 3 is 2.95 bits per heavy atom. The maximum Gasteiger partial charge on any atom is 0.128 e. The van der Waals surface area contributed by atoms with Gasteiger partial charge in [-0.1, -0.05) is 6.92 Å². The number of hydrogen-bond donors (Lipinski definition) is 1. The van der Waals surface area contributed by atoms with Crippen LogP contribution >= 0.6 is 0 Å². The maximum atomic E-state index is 13.5. The van der Waals surface area contributed by atoms with Crippen LogP contribution < -0.4 is 5.32 Å². The van der Waals surface area contributed by atoms with Gasteiger partial charge in [0, 0.05) is 23.9 Å². The van der Waals surface area contributed by atoms with E-state index < -0.39 is 11.6 Å². The summed E-state index contributed by atoms with van der Waals surface area (Å²) >= 11 is 0. The lowest BCUT2D eigenvalue weighted by molar-refractivity contribution is 0.566. The molecule has 0 unspecified atom stereocenters. The van der Waals surface area contributed by atoms with Crippen molar-refractivity contribution in [1.82, 2.24) is 15.1 Å². The Balaban J connectivity index is 2.01. The Kier molecular flexibility index (Phi) is 4.63. The van der Waals surface area contributed by atoms with Crippen LogP contribution in [0.25, 0.3) is 0 Å². The lowest BCUT2D eigenvalue weighted by Crippen LogP contribution is -2.13. The Labute approximate surface area is 111 Å². The number of hydrogen-bond acceptors (Lipinski definition) is 2. The Morgan fingerprint density at radius 2 is 2.16 bits per heavy atom. The van der Waals surface area contributed by atoms with E-state index in [1.54, 1.807) is 10.9 Å². The number of nitrogens with one attached hydrogen (secondary N) is 1. The van der Waals surface area contributed by atoms with E-state index in [2.05, 4.69) is 17.3 Å². The summed E-state index contributed by atoms with van der Waals surface area (Å²) in [5.74, 6) is -0.851. The molecule has 19 heavy (non-hydrogen) atoms. The van der Waals surface area contributed by atoms with E-state index in [-0.39, 0.29) is 6.54 Å². The maximum absolute atomic E-state index is 13.5. The zero-order valence-electron chi connectivity index (χ0n) is 10.9. The number of benzene rings is 1. The van der Waals surface area contributed by atoms with Crippen molar-refractivity contribution < 1.29 is 8.78 Å². The standard InChI is InChI=1S/C14H17F2N3/c1-2-5-17-7-11-8-18-19(9-11)10-12-6-13(15)3-4-14(12)16/h3-4,6,8-9,17H,2,5,7,10H2,1H3. The van der Waals surface area contributed by atoms with Gasteiger partial charge < -0.3 is 5.32 Å². The van der Waals surface area contributed by atoms with Crippen molar-refractivity contribution in [2.24, 2.45) is 0 Å². The van der Waals surface area contributed by atoms with Crippen molar-refractivity contribution in [2.45, 2.75) is 26.4 Å². The van der Waals surface area contributed by atoms with Gasteiger partial charge in [-0.3, -0.25) is 4.68 Å². The van der Waals surface area contributed by atoms with Crippen LogP contribution in [0.15, 0.2) is 30.6 Å². The third kappa shape index (κ3) is 3.86. The summed E-state index contributed by atoms with van der Waals surface area (Å²) in [6.07, 6.45) is 4.65. The normalized spacial score (nSPS) is 10.9. The molecule has 0 radical (unpaired) electrons. The van der Waals surface area contributed by atoms with Crippen molar-refractivity contribution in [3.63, 3.8) is 0 Å². The quantitative estimate of drug-likeness (QED) is 0.814. The van der Waals surface area contributed by atoms with Crippen molar-refractivity contribution >= 4 is 0 Å². The molecular weight excluding hydrogens is 248 g/mol. The molecule has 1 N–H and O–H groups in total. The predicted octanol–water partition coefficient (Wildman–Crippen LogP) is 2.71. The summed E-state index contributed by atoms with van der Waals surface area (Å²) in [5, 5.41) is 7.41. The molecule has 0 aliphatic heterocycles. The van der Waals surface area contributed by atoms with Crippen LogP contribution in [0.5, 0.6) is 0 Å². The van der Waals surface area contributed by atoms with Crippen LogP contribution in [-0.4, -0.2) is 16.3 Å². The van der Waals surface area contributed by atoms with E-state index in [1.165, 1.54) is 6.07 Å². The first-order valence-electron chi connectivity index (χ1n) is 6.35. The molecule has 102 valence electrons. The summed E-state index contributed by atoms with van der Waals surface area (Å²) in [4.78, 5) is 0. The van der Waals surface area contributed by atoms with Crippen molar-refractivity contribution in [3.8, 4) is 0 Å². The number of halogens is 2. The van der Waals surface area contributed by atoms with Crippen LogP contribution in [0.2, 0.25) is 0 Å². The average molecular weight is 265 g/mol. The summed E-state index contributed by atoms with van der Waals surface area (Å²) in [6.45, 7) is 4.02. The molecule has 0 saturated heterocycles. The highest BCUT2D eigenvalue weighted by atomic mass is 19.1. The van der Waals surface area contributed by atoms with Gasteiger partial charge in [0.2, 0.25) is 0 Å². The zero-order valence-corrected chi connectivity index (χ0v) is 10.9. The highest BCUT2D eigenvalue weighted by Crippen LogP contribution is 2.11. The van der Waals surface area contributed by atoms with Crippen LogP contribution in [0, 0.1) is 11.6 Å². The van der Waals surface area contributed by atoms with E-state index >= 15 is 0 Å². The van der Waals surface area contributed by atoms with Crippen LogP contribution in [0.4, 0.5) is 8.78 Å². The van der Waals surface area contributed by atoms with E-state index in [0.717, 1.165) is 37.2 Å². The van der Waals surface area contributed by atoms with Gasteiger partial charge in [0.25, 0.3) is 0 Å². The van der Waals surface area contributed by atoms with Gasteiger partial charge in [-0.25, -0.2) is 8.78 Å². The van der Waals surface area contributed by atoms with Gasteiger partial charge in [0.15, 0.2) is 0 Å². The molecule has 0 spiro atoms. The van der Waals surface area contributed by atoms with E-state index in [4.69, 9.17) is 0 Å². The minimum atomic E-state index is -0.437. The Morgan fingerprint density at radius 1 is 1.32 bits per heavy atom. The molecule has 0 aliphatic carbocycles. The summed E-state index contributed by atoms with van der Waals surface area (Å²) in [5.41, 5.74) is 1.33. The van der Waals surface area contributed by atoms with Crippen molar-refractivity contribution in [1.29, 1.82) is 0 Å². The van der Waals surface area contributed by atoms with Crippen LogP contribution in [0.3, 0.4) is 0 Å². The van der Waals surface area contributed by atoms with Crippen molar-refractivity contribution in [2.75, 3.05) is 6.54 Å². The number of nitrogens with zero attached hydrogens (tertiary/aromatic N) is 2. The first-order valence-corrected chi connectivity index (χ1v) is 6.35. The predicted molar refractivity (Wildman–Crippen MR) is 69.7 cm³/mol. The topological polar surface area (TPSA) is 29.9 Å². The highest BCUT2D eigenvalue weighted by molar-refractivity contribution is 5.19. The first-order chi connectivity index (χ1) is 9.19. The molecule has 1 aromatic heterocycles.